The fraction of sp³-hybridized carbons (Fsp3) is 0.600. The van der Waals surface area contributed by atoms with Gasteiger partial charge in [-0.05, 0) is 19.0 Å². The highest BCUT2D eigenvalue weighted by atomic mass is 19.1. The molecule has 0 aliphatic carbocycles. The first-order valence-corrected chi connectivity index (χ1v) is 7.09. The number of nitrogens with one attached hydrogen (secondary N) is 1. The monoisotopic (exact) mass is 266 g/mol. The average molecular weight is 266 g/mol. The van der Waals surface area contributed by atoms with Crippen molar-refractivity contribution in [2.24, 2.45) is 0 Å². The maximum atomic E-state index is 13.9. The minimum atomic E-state index is -0.115. The predicted molar refractivity (Wildman–Crippen MR) is 74.7 cm³/mol. The standard InChI is InChI=1S/C15H23FN2O/c1-2-17-15(13-5-3-4-6-14(13)16)7-8-18-9-11-19-12-10-18/h3-6,15,17H,2,7-12H2,1H3. The van der Waals surface area contributed by atoms with Crippen LogP contribution >= 0.6 is 0 Å². The molecule has 0 saturated carbocycles. The lowest BCUT2D eigenvalue weighted by Crippen LogP contribution is -2.38. The summed E-state index contributed by atoms with van der Waals surface area (Å²) in [5, 5.41) is 3.38. The Morgan fingerprint density at radius 2 is 2.05 bits per heavy atom. The summed E-state index contributed by atoms with van der Waals surface area (Å²) in [6, 6.07) is 7.14. The van der Waals surface area contributed by atoms with Gasteiger partial charge in [0.2, 0.25) is 0 Å². The Morgan fingerprint density at radius 1 is 1.32 bits per heavy atom. The molecule has 1 N–H and O–H groups in total. The van der Waals surface area contributed by atoms with Gasteiger partial charge in [-0.3, -0.25) is 4.90 Å². The maximum absolute atomic E-state index is 13.9. The Balaban J connectivity index is 1.94. The van der Waals surface area contributed by atoms with Gasteiger partial charge >= 0.3 is 0 Å². The number of hydrogen-bond donors (Lipinski definition) is 1. The summed E-state index contributed by atoms with van der Waals surface area (Å²) in [6.07, 6.45) is 0.925. The highest BCUT2D eigenvalue weighted by molar-refractivity contribution is 5.21. The van der Waals surface area contributed by atoms with Gasteiger partial charge in [-0.2, -0.15) is 0 Å². The molecule has 19 heavy (non-hydrogen) atoms. The third kappa shape index (κ3) is 4.27. The van der Waals surface area contributed by atoms with Crippen LogP contribution in [0.1, 0.15) is 24.9 Å². The summed E-state index contributed by atoms with van der Waals surface area (Å²) < 4.78 is 19.2. The van der Waals surface area contributed by atoms with Crippen LogP contribution in [0.5, 0.6) is 0 Å². The summed E-state index contributed by atoms with van der Waals surface area (Å²) in [5.41, 5.74) is 0.776. The first kappa shape index (κ1) is 14.4. The van der Waals surface area contributed by atoms with E-state index >= 15 is 0 Å². The fourth-order valence-corrected chi connectivity index (χ4v) is 2.51. The van der Waals surface area contributed by atoms with E-state index in [-0.39, 0.29) is 11.9 Å². The largest absolute Gasteiger partial charge is 0.379 e. The number of morpholine rings is 1. The van der Waals surface area contributed by atoms with Gasteiger partial charge < -0.3 is 10.1 Å². The van der Waals surface area contributed by atoms with Gasteiger partial charge in [-0.1, -0.05) is 25.1 Å². The van der Waals surface area contributed by atoms with E-state index in [4.69, 9.17) is 4.74 Å². The van der Waals surface area contributed by atoms with Gasteiger partial charge in [-0.15, -0.1) is 0 Å². The molecule has 1 unspecified atom stereocenters. The Labute approximate surface area is 114 Å². The molecule has 0 spiro atoms. The number of nitrogens with zero attached hydrogens (tertiary/aromatic N) is 1. The van der Waals surface area contributed by atoms with Crippen molar-refractivity contribution in [3.8, 4) is 0 Å². The van der Waals surface area contributed by atoms with Crippen molar-refractivity contribution in [2.75, 3.05) is 39.4 Å². The normalized spacial score (nSPS) is 18.4. The van der Waals surface area contributed by atoms with Crippen LogP contribution in [0.25, 0.3) is 0 Å². The van der Waals surface area contributed by atoms with E-state index in [0.717, 1.165) is 51.4 Å². The molecule has 0 bridgehead atoms. The molecule has 1 aromatic rings. The van der Waals surface area contributed by atoms with Gasteiger partial charge in [-0.25, -0.2) is 4.39 Å². The molecule has 1 saturated heterocycles. The van der Waals surface area contributed by atoms with Gasteiger partial charge in [0.25, 0.3) is 0 Å². The fourth-order valence-electron chi connectivity index (χ4n) is 2.51. The van der Waals surface area contributed by atoms with Gasteiger partial charge in [0.1, 0.15) is 5.82 Å². The molecule has 0 aromatic heterocycles. The zero-order valence-electron chi connectivity index (χ0n) is 11.6. The summed E-state index contributed by atoms with van der Waals surface area (Å²) in [6.45, 7) is 7.48. The van der Waals surface area contributed by atoms with E-state index in [9.17, 15) is 4.39 Å². The minimum absolute atomic E-state index is 0.0917. The molecule has 1 aliphatic heterocycles. The van der Waals surface area contributed by atoms with Crippen molar-refractivity contribution in [3.63, 3.8) is 0 Å². The Kier molecular flexibility index (Phi) is 5.76. The predicted octanol–water partition coefficient (Wildman–Crippen LogP) is 2.20. The van der Waals surface area contributed by atoms with E-state index in [1.165, 1.54) is 6.07 Å². The molecule has 4 heteroatoms. The third-order valence-electron chi connectivity index (χ3n) is 3.57. The van der Waals surface area contributed by atoms with Crippen LogP contribution in [0.4, 0.5) is 4.39 Å². The molecule has 1 heterocycles. The van der Waals surface area contributed by atoms with E-state index in [1.54, 1.807) is 6.07 Å². The van der Waals surface area contributed by atoms with E-state index in [2.05, 4.69) is 17.1 Å². The van der Waals surface area contributed by atoms with Gasteiger partial charge in [0.15, 0.2) is 0 Å². The van der Waals surface area contributed by atoms with E-state index in [1.807, 2.05) is 12.1 Å². The summed E-state index contributed by atoms with van der Waals surface area (Å²) in [5.74, 6) is -0.115. The molecule has 1 fully saturated rings. The van der Waals surface area contributed by atoms with Crippen molar-refractivity contribution in [1.82, 2.24) is 10.2 Å². The zero-order chi connectivity index (χ0) is 13.5. The lowest BCUT2D eigenvalue weighted by atomic mass is 10.0. The second-order valence-corrected chi connectivity index (χ2v) is 4.87. The Bertz CT molecular complexity index is 380. The van der Waals surface area contributed by atoms with Gasteiger partial charge in [0.05, 0.1) is 13.2 Å². The molecule has 0 radical (unpaired) electrons. The number of hydrogen-bond acceptors (Lipinski definition) is 3. The van der Waals surface area contributed by atoms with Crippen LogP contribution in [-0.4, -0.2) is 44.3 Å². The molecular formula is C15H23FN2O. The highest BCUT2D eigenvalue weighted by Gasteiger charge is 2.17. The van der Waals surface area contributed by atoms with Crippen molar-refractivity contribution in [2.45, 2.75) is 19.4 Å². The Morgan fingerprint density at radius 3 is 2.74 bits per heavy atom. The van der Waals surface area contributed by atoms with Crippen LogP contribution in [0.3, 0.4) is 0 Å². The Hall–Kier alpha value is -0.970. The third-order valence-corrected chi connectivity index (χ3v) is 3.57. The van der Waals surface area contributed by atoms with Crippen molar-refractivity contribution >= 4 is 0 Å². The van der Waals surface area contributed by atoms with E-state index < -0.39 is 0 Å². The topological polar surface area (TPSA) is 24.5 Å². The molecule has 2 rings (SSSR count). The molecule has 3 nitrogen and oxygen atoms in total. The first-order valence-electron chi connectivity index (χ1n) is 7.09. The SMILES string of the molecule is CCNC(CCN1CCOCC1)c1ccccc1F. The minimum Gasteiger partial charge on any atom is -0.379 e. The maximum Gasteiger partial charge on any atom is 0.127 e. The first-order chi connectivity index (χ1) is 9.31. The summed E-state index contributed by atoms with van der Waals surface area (Å²) in [4.78, 5) is 2.38. The molecule has 1 aromatic carbocycles. The number of benzene rings is 1. The van der Waals surface area contributed by atoms with Crippen LogP contribution in [0.15, 0.2) is 24.3 Å². The van der Waals surface area contributed by atoms with E-state index in [0.29, 0.717) is 0 Å². The van der Waals surface area contributed by atoms with Crippen LogP contribution in [0, 0.1) is 5.82 Å². The molecular weight excluding hydrogens is 243 g/mol. The molecule has 0 amide bonds. The lowest BCUT2D eigenvalue weighted by molar-refractivity contribution is 0.0361. The number of halogens is 1. The van der Waals surface area contributed by atoms with Crippen LogP contribution in [0.2, 0.25) is 0 Å². The van der Waals surface area contributed by atoms with Gasteiger partial charge in [0, 0.05) is 31.2 Å². The van der Waals surface area contributed by atoms with Crippen LogP contribution in [-0.2, 0) is 4.74 Å². The molecule has 1 atom stereocenters. The second kappa shape index (κ2) is 7.58. The molecule has 1 aliphatic rings. The average Bonchev–Trinajstić information content (AvgIpc) is 2.45. The number of rotatable bonds is 6. The van der Waals surface area contributed by atoms with Crippen LogP contribution < -0.4 is 5.32 Å². The number of ether oxygens (including phenoxy) is 1. The smallest absolute Gasteiger partial charge is 0.127 e. The quantitative estimate of drug-likeness (QED) is 0.854. The zero-order valence-corrected chi connectivity index (χ0v) is 11.6. The lowest BCUT2D eigenvalue weighted by Gasteiger charge is -2.28. The summed E-state index contributed by atoms with van der Waals surface area (Å²) >= 11 is 0. The summed E-state index contributed by atoms with van der Waals surface area (Å²) in [7, 11) is 0. The highest BCUT2D eigenvalue weighted by Crippen LogP contribution is 2.20. The second-order valence-electron chi connectivity index (χ2n) is 4.87. The van der Waals surface area contributed by atoms with Crippen molar-refractivity contribution in [1.29, 1.82) is 0 Å². The van der Waals surface area contributed by atoms with Crippen molar-refractivity contribution in [3.05, 3.63) is 35.6 Å². The molecule has 106 valence electrons. The van der Waals surface area contributed by atoms with Crippen molar-refractivity contribution < 1.29 is 9.13 Å².